The molecule has 1 aliphatic heterocycles. The molecule has 0 spiro atoms. The Hall–Kier alpha value is -1.03. The van der Waals surface area contributed by atoms with E-state index in [1.807, 2.05) is 18.2 Å². The van der Waals surface area contributed by atoms with Crippen molar-refractivity contribution in [2.24, 2.45) is 0 Å². The van der Waals surface area contributed by atoms with Gasteiger partial charge in [-0.1, -0.05) is 17.8 Å². The molecule has 6 nitrogen and oxygen atoms in total. The van der Waals surface area contributed by atoms with Crippen molar-refractivity contribution < 1.29 is 8.42 Å². The third-order valence-electron chi connectivity index (χ3n) is 4.71. The molecule has 0 radical (unpaired) electrons. The molecule has 4 rings (SSSR count). The molecule has 1 aromatic carbocycles. The van der Waals surface area contributed by atoms with Crippen LogP contribution in [-0.2, 0) is 23.0 Å². The first-order valence-corrected chi connectivity index (χ1v) is 11.3. The number of benzene rings is 1. The minimum Gasteiger partial charge on any atom is -0.307 e. The lowest BCUT2D eigenvalue weighted by Gasteiger charge is -2.20. The molecular formula is C16H19BrN4O2S2. The molecular weight excluding hydrogens is 424 g/mol. The van der Waals surface area contributed by atoms with E-state index in [1.165, 1.54) is 11.1 Å². The highest BCUT2D eigenvalue weighted by Gasteiger charge is 2.30. The van der Waals surface area contributed by atoms with E-state index in [1.54, 1.807) is 16.3 Å². The smallest absolute Gasteiger partial charge is 0.280 e. The summed E-state index contributed by atoms with van der Waals surface area (Å²) in [5, 5.41) is 0.950. The van der Waals surface area contributed by atoms with Crippen LogP contribution >= 0.6 is 27.7 Å². The summed E-state index contributed by atoms with van der Waals surface area (Å²) in [6, 6.07) is 6.18. The summed E-state index contributed by atoms with van der Waals surface area (Å²) in [5.74, 6) is 0.849. The monoisotopic (exact) mass is 442 g/mol. The molecule has 0 saturated heterocycles. The number of fused-ring (bicyclic) bond motifs is 2. The molecule has 1 N–H and O–H groups in total. The number of aryl methyl sites for hydroxylation is 1. The maximum atomic E-state index is 12.9. The van der Waals surface area contributed by atoms with Crippen molar-refractivity contribution in [1.82, 2.24) is 14.5 Å². The predicted octanol–water partition coefficient (Wildman–Crippen LogP) is 3.10. The van der Waals surface area contributed by atoms with Crippen LogP contribution in [0.3, 0.4) is 0 Å². The van der Waals surface area contributed by atoms with Crippen LogP contribution < -0.4 is 4.72 Å². The number of nitrogens with one attached hydrogen (secondary N) is 1. The highest BCUT2D eigenvalue weighted by atomic mass is 79.9. The fourth-order valence-electron chi connectivity index (χ4n) is 3.57. The number of nitrogens with zero attached hydrogens (tertiary/aromatic N) is 3. The van der Waals surface area contributed by atoms with Gasteiger partial charge < -0.3 is 9.47 Å². The molecule has 0 amide bonds. The average molecular weight is 443 g/mol. The van der Waals surface area contributed by atoms with E-state index in [0.29, 0.717) is 22.9 Å². The Labute approximate surface area is 160 Å². The lowest BCUT2D eigenvalue weighted by Crippen LogP contribution is -2.19. The number of anilines is 1. The van der Waals surface area contributed by atoms with E-state index in [2.05, 4.69) is 44.6 Å². The summed E-state index contributed by atoms with van der Waals surface area (Å²) in [6.07, 6.45) is 2.10. The van der Waals surface area contributed by atoms with Crippen LogP contribution in [0.4, 0.5) is 5.69 Å². The number of aromatic nitrogens is 2. The van der Waals surface area contributed by atoms with Crippen molar-refractivity contribution in [2.45, 2.75) is 35.6 Å². The van der Waals surface area contributed by atoms with E-state index in [-0.39, 0.29) is 5.03 Å². The zero-order chi connectivity index (χ0) is 17.8. The van der Waals surface area contributed by atoms with Crippen molar-refractivity contribution in [1.29, 1.82) is 0 Å². The van der Waals surface area contributed by atoms with E-state index >= 15 is 0 Å². The fourth-order valence-corrected chi connectivity index (χ4v) is 6.98. The Balaban J connectivity index is 1.68. The summed E-state index contributed by atoms with van der Waals surface area (Å²) >= 11 is 4.87. The number of sulfonamides is 1. The molecule has 1 unspecified atom stereocenters. The van der Waals surface area contributed by atoms with Gasteiger partial charge in [-0.25, -0.2) is 4.98 Å². The average Bonchev–Trinajstić information content (AvgIpc) is 3.19. The summed E-state index contributed by atoms with van der Waals surface area (Å²) in [7, 11) is 0.409. The van der Waals surface area contributed by atoms with Gasteiger partial charge in [-0.15, -0.1) is 0 Å². The number of imidazole rings is 1. The Morgan fingerprint density at radius 1 is 1.40 bits per heavy atom. The second-order valence-electron chi connectivity index (χ2n) is 6.53. The zero-order valence-electron chi connectivity index (χ0n) is 14.0. The quantitative estimate of drug-likeness (QED) is 0.787. The van der Waals surface area contributed by atoms with Crippen LogP contribution in [0.5, 0.6) is 0 Å². The molecule has 2 aromatic rings. The van der Waals surface area contributed by atoms with E-state index in [9.17, 15) is 8.42 Å². The van der Waals surface area contributed by atoms with E-state index in [4.69, 9.17) is 0 Å². The zero-order valence-corrected chi connectivity index (χ0v) is 17.2. The van der Waals surface area contributed by atoms with Gasteiger partial charge in [0.2, 0.25) is 0 Å². The van der Waals surface area contributed by atoms with Crippen molar-refractivity contribution in [3.05, 3.63) is 33.9 Å². The number of hydrogen-bond acceptors (Lipinski definition) is 5. The molecule has 2 heterocycles. The molecule has 2 aliphatic rings. The minimum absolute atomic E-state index is 0.206. The lowest BCUT2D eigenvalue weighted by atomic mass is 10.1. The second kappa shape index (κ2) is 6.29. The summed E-state index contributed by atoms with van der Waals surface area (Å²) in [6.45, 7) is 0.654. The number of halogens is 1. The first kappa shape index (κ1) is 17.4. The van der Waals surface area contributed by atoms with Crippen LogP contribution in [-0.4, -0.2) is 42.7 Å². The van der Waals surface area contributed by atoms with Crippen molar-refractivity contribution in [3.8, 4) is 0 Å². The fraction of sp³-hybridized carbons (Fsp3) is 0.438. The normalized spacial score (nSPS) is 19.3. The molecule has 1 atom stereocenters. The van der Waals surface area contributed by atoms with Crippen LogP contribution in [0.1, 0.15) is 23.6 Å². The van der Waals surface area contributed by atoms with Gasteiger partial charge in [0.25, 0.3) is 10.0 Å². The molecule has 1 aliphatic carbocycles. The van der Waals surface area contributed by atoms with Crippen LogP contribution in [0.2, 0.25) is 0 Å². The van der Waals surface area contributed by atoms with Crippen LogP contribution in [0.15, 0.2) is 33.0 Å². The predicted molar refractivity (Wildman–Crippen MR) is 103 cm³/mol. The molecule has 9 heteroatoms. The third-order valence-corrected chi connectivity index (χ3v) is 7.91. The topological polar surface area (TPSA) is 67.2 Å². The highest BCUT2D eigenvalue weighted by Crippen LogP contribution is 2.37. The van der Waals surface area contributed by atoms with Gasteiger partial charge in [0.05, 0.1) is 0 Å². The van der Waals surface area contributed by atoms with Crippen molar-refractivity contribution in [3.63, 3.8) is 0 Å². The molecule has 0 fully saturated rings. The molecule has 134 valence electrons. The first-order valence-electron chi connectivity index (χ1n) is 8.08. The standard InChI is InChI=1S/C16H19BrN4O2S2/c1-20(2)13-6-4-10-3-5-11(9-12(10)13)19-25(22,23)15-14(17)18-16-21(15)7-8-24-16/h3,5,9,13,19H,4,6-8H2,1-2H3. The Kier molecular flexibility index (Phi) is 4.38. The van der Waals surface area contributed by atoms with Gasteiger partial charge in [-0.2, -0.15) is 8.42 Å². The molecule has 0 bridgehead atoms. The van der Waals surface area contributed by atoms with Crippen LogP contribution in [0, 0.1) is 0 Å². The van der Waals surface area contributed by atoms with Crippen molar-refractivity contribution >= 4 is 43.4 Å². The maximum absolute atomic E-state index is 12.9. The van der Waals surface area contributed by atoms with Crippen molar-refractivity contribution in [2.75, 3.05) is 24.6 Å². The summed E-state index contributed by atoms with van der Waals surface area (Å²) in [4.78, 5) is 6.49. The Morgan fingerprint density at radius 2 is 2.20 bits per heavy atom. The van der Waals surface area contributed by atoms with E-state index < -0.39 is 10.0 Å². The summed E-state index contributed by atoms with van der Waals surface area (Å²) in [5.41, 5.74) is 3.10. The molecule has 0 saturated carbocycles. The van der Waals surface area contributed by atoms with Gasteiger partial charge in [0.15, 0.2) is 10.2 Å². The van der Waals surface area contributed by atoms with Gasteiger partial charge in [0.1, 0.15) is 4.60 Å². The Morgan fingerprint density at radius 3 is 2.96 bits per heavy atom. The number of hydrogen-bond donors (Lipinski definition) is 1. The Bertz CT molecular complexity index is 940. The largest absolute Gasteiger partial charge is 0.307 e. The SMILES string of the molecule is CN(C)C1CCc2ccc(NS(=O)(=O)c3c(Br)nc4n3CCS4)cc21. The summed E-state index contributed by atoms with van der Waals surface area (Å²) < 4.78 is 30.7. The highest BCUT2D eigenvalue weighted by molar-refractivity contribution is 9.10. The van der Waals surface area contributed by atoms with Crippen LogP contribution in [0.25, 0.3) is 0 Å². The third kappa shape index (κ3) is 3.01. The maximum Gasteiger partial charge on any atom is 0.280 e. The van der Waals surface area contributed by atoms with Gasteiger partial charge >= 0.3 is 0 Å². The second-order valence-corrected chi connectivity index (χ2v) is 9.94. The van der Waals surface area contributed by atoms with Gasteiger partial charge in [0, 0.05) is 24.0 Å². The lowest BCUT2D eigenvalue weighted by molar-refractivity contribution is 0.299. The number of rotatable bonds is 4. The first-order chi connectivity index (χ1) is 11.9. The molecule has 25 heavy (non-hydrogen) atoms. The van der Waals surface area contributed by atoms with Gasteiger partial charge in [-0.3, -0.25) is 4.72 Å². The van der Waals surface area contributed by atoms with E-state index in [0.717, 1.165) is 23.8 Å². The van der Waals surface area contributed by atoms with Gasteiger partial charge in [-0.05, 0) is 66.1 Å². The number of thioether (sulfide) groups is 1. The molecule has 1 aromatic heterocycles. The minimum atomic E-state index is -3.70.